The van der Waals surface area contributed by atoms with E-state index in [4.69, 9.17) is 0 Å². The summed E-state index contributed by atoms with van der Waals surface area (Å²) in [5.74, 6) is -0.263. The molecule has 0 saturated carbocycles. The maximum atomic E-state index is 13.0. The number of carbonyl (C=O) groups is 1. The minimum atomic E-state index is -4.41. The summed E-state index contributed by atoms with van der Waals surface area (Å²) in [5.41, 5.74) is 3.01. The zero-order chi connectivity index (χ0) is 23.4. The molecule has 1 aromatic heterocycles. The molecule has 3 nitrogen and oxygen atoms in total. The van der Waals surface area contributed by atoms with Gasteiger partial charge in [0.15, 0.2) is 0 Å². The molecule has 0 radical (unpaired) electrons. The van der Waals surface area contributed by atoms with Crippen molar-refractivity contribution in [3.8, 4) is 0 Å². The van der Waals surface area contributed by atoms with Gasteiger partial charge in [-0.25, -0.2) is 0 Å². The SMILES string of the molecule is Cn1cc(C(CC(=O)NCc2cccc(C(F)(F)F)c2)Cc2ccccc2)c2ccccc21. The van der Waals surface area contributed by atoms with E-state index in [0.717, 1.165) is 34.2 Å². The van der Waals surface area contributed by atoms with Gasteiger partial charge in [-0.15, -0.1) is 0 Å². The van der Waals surface area contributed by atoms with E-state index in [1.165, 1.54) is 6.07 Å². The number of carbonyl (C=O) groups excluding carboxylic acids is 1. The highest BCUT2D eigenvalue weighted by atomic mass is 19.4. The van der Waals surface area contributed by atoms with Gasteiger partial charge in [-0.05, 0) is 47.2 Å². The molecule has 1 heterocycles. The number of nitrogens with zero attached hydrogens (tertiary/aromatic N) is 1. The first-order chi connectivity index (χ1) is 15.8. The van der Waals surface area contributed by atoms with E-state index in [1.807, 2.05) is 55.6 Å². The number of amides is 1. The van der Waals surface area contributed by atoms with Crippen LogP contribution < -0.4 is 5.32 Å². The van der Waals surface area contributed by atoms with Gasteiger partial charge in [0.2, 0.25) is 5.91 Å². The van der Waals surface area contributed by atoms with Gasteiger partial charge in [0.25, 0.3) is 0 Å². The fourth-order valence-corrected chi connectivity index (χ4v) is 4.24. The Bertz CT molecular complexity index is 1250. The van der Waals surface area contributed by atoms with Crippen LogP contribution in [-0.4, -0.2) is 10.5 Å². The molecule has 0 fully saturated rings. The predicted octanol–water partition coefficient (Wildman–Crippen LogP) is 6.23. The molecule has 33 heavy (non-hydrogen) atoms. The van der Waals surface area contributed by atoms with Crippen molar-refractivity contribution < 1.29 is 18.0 Å². The summed E-state index contributed by atoms with van der Waals surface area (Å²) in [4.78, 5) is 12.9. The summed E-state index contributed by atoms with van der Waals surface area (Å²) in [6.07, 6.45) is -1.42. The Morgan fingerprint density at radius 3 is 2.39 bits per heavy atom. The van der Waals surface area contributed by atoms with Crippen molar-refractivity contribution in [3.05, 3.63) is 107 Å². The lowest BCUT2D eigenvalue weighted by Gasteiger charge is -2.17. The van der Waals surface area contributed by atoms with Gasteiger partial charge in [0, 0.05) is 37.1 Å². The maximum absolute atomic E-state index is 13.0. The van der Waals surface area contributed by atoms with Crippen LogP contribution in [0.15, 0.2) is 85.1 Å². The fourth-order valence-electron chi connectivity index (χ4n) is 4.24. The monoisotopic (exact) mass is 450 g/mol. The first-order valence-electron chi connectivity index (χ1n) is 10.8. The zero-order valence-corrected chi connectivity index (χ0v) is 18.3. The van der Waals surface area contributed by atoms with Crippen molar-refractivity contribution in [1.29, 1.82) is 0 Å². The molecule has 1 unspecified atom stereocenters. The van der Waals surface area contributed by atoms with Gasteiger partial charge in [-0.3, -0.25) is 4.79 Å². The van der Waals surface area contributed by atoms with E-state index < -0.39 is 11.7 Å². The molecule has 0 aliphatic rings. The first-order valence-corrected chi connectivity index (χ1v) is 10.8. The number of benzene rings is 3. The second-order valence-electron chi connectivity index (χ2n) is 8.28. The lowest BCUT2D eigenvalue weighted by molar-refractivity contribution is -0.137. The van der Waals surface area contributed by atoms with Crippen LogP contribution in [0.25, 0.3) is 10.9 Å². The molecule has 1 atom stereocenters. The standard InChI is InChI=1S/C27H25F3N2O/c1-32-18-24(23-12-5-6-13-25(23)32)21(14-19-8-3-2-4-9-19)16-26(33)31-17-20-10-7-11-22(15-20)27(28,29)30/h2-13,15,18,21H,14,16-17H2,1H3,(H,31,33). The Hall–Kier alpha value is -3.54. The number of hydrogen-bond acceptors (Lipinski definition) is 1. The number of rotatable bonds is 7. The highest BCUT2D eigenvalue weighted by Crippen LogP contribution is 2.32. The molecule has 1 N–H and O–H groups in total. The lowest BCUT2D eigenvalue weighted by Crippen LogP contribution is -2.25. The number of fused-ring (bicyclic) bond motifs is 1. The Labute approximate surface area is 190 Å². The average molecular weight is 451 g/mol. The zero-order valence-electron chi connectivity index (χ0n) is 18.3. The minimum Gasteiger partial charge on any atom is -0.352 e. The fraction of sp³-hybridized carbons (Fsp3) is 0.222. The number of aromatic nitrogens is 1. The number of nitrogens with one attached hydrogen (secondary N) is 1. The molecule has 0 saturated heterocycles. The van der Waals surface area contributed by atoms with Crippen LogP contribution in [-0.2, 0) is 31.0 Å². The largest absolute Gasteiger partial charge is 0.416 e. The Kier molecular flexibility index (Phi) is 6.54. The van der Waals surface area contributed by atoms with Crippen LogP contribution in [0.5, 0.6) is 0 Å². The number of alkyl halides is 3. The summed E-state index contributed by atoms with van der Waals surface area (Å²) in [6, 6.07) is 23.1. The molecule has 170 valence electrons. The van der Waals surface area contributed by atoms with Gasteiger partial charge >= 0.3 is 6.18 Å². The van der Waals surface area contributed by atoms with Gasteiger partial charge in [-0.2, -0.15) is 13.2 Å². The van der Waals surface area contributed by atoms with Crippen LogP contribution in [0, 0.1) is 0 Å². The van der Waals surface area contributed by atoms with Crippen molar-refractivity contribution in [2.24, 2.45) is 7.05 Å². The van der Waals surface area contributed by atoms with Crippen LogP contribution in [0.3, 0.4) is 0 Å². The van der Waals surface area contributed by atoms with E-state index >= 15 is 0 Å². The summed E-state index contributed by atoms with van der Waals surface area (Å²) in [5, 5.41) is 3.91. The predicted molar refractivity (Wildman–Crippen MR) is 124 cm³/mol. The molecule has 4 aromatic rings. The topological polar surface area (TPSA) is 34.0 Å². The number of hydrogen-bond donors (Lipinski definition) is 1. The van der Waals surface area contributed by atoms with Crippen molar-refractivity contribution in [2.75, 3.05) is 0 Å². The summed E-state index contributed by atoms with van der Waals surface area (Å²) in [6.45, 7) is 0.0519. The smallest absolute Gasteiger partial charge is 0.352 e. The van der Waals surface area contributed by atoms with E-state index in [0.29, 0.717) is 12.0 Å². The van der Waals surface area contributed by atoms with Gasteiger partial charge in [0.1, 0.15) is 0 Å². The van der Waals surface area contributed by atoms with Gasteiger partial charge in [-0.1, -0.05) is 60.7 Å². The molecule has 3 aromatic carbocycles. The second kappa shape index (κ2) is 9.53. The summed E-state index contributed by atoms with van der Waals surface area (Å²) < 4.78 is 41.0. The molecule has 0 spiro atoms. The highest BCUT2D eigenvalue weighted by molar-refractivity contribution is 5.86. The van der Waals surface area contributed by atoms with Crippen LogP contribution in [0.4, 0.5) is 13.2 Å². The normalized spacial score (nSPS) is 12.6. The summed E-state index contributed by atoms with van der Waals surface area (Å²) >= 11 is 0. The van der Waals surface area contributed by atoms with E-state index in [-0.39, 0.29) is 24.8 Å². The van der Waals surface area contributed by atoms with Crippen molar-refractivity contribution >= 4 is 16.8 Å². The van der Waals surface area contributed by atoms with Crippen molar-refractivity contribution in [2.45, 2.75) is 31.5 Å². The van der Waals surface area contributed by atoms with Crippen LogP contribution >= 0.6 is 0 Å². The third-order valence-electron chi connectivity index (χ3n) is 5.87. The second-order valence-corrected chi connectivity index (χ2v) is 8.28. The molecule has 0 bridgehead atoms. The molecular formula is C27H25F3N2O. The molecule has 1 amide bonds. The molecule has 0 aliphatic heterocycles. The first kappa shape index (κ1) is 22.6. The van der Waals surface area contributed by atoms with Crippen LogP contribution in [0.2, 0.25) is 0 Å². The minimum absolute atomic E-state index is 0.0519. The molecular weight excluding hydrogens is 425 g/mol. The average Bonchev–Trinajstić information content (AvgIpc) is 3.14. The number of halogens is 3. The van der Waals surface area contributed by atoms with E-state index in [2.05, 4.69) is 22.1 Å². The van der Waals surface area contributed by atoms with Gasteiger partial charge in [0.05, 0.1) is 5.56 Å². The molecule has 4 rings (SSSR count). The lowest BCUT2D eigenvalue weighted by atomic mass is 9.88. The van der Waals surface area contributed by atoms with Crippen molar-refractivity contribution in [3.63, 3.8) is 0 Å². The quantitative estimate of drug-likeness (QED) is 0.356. The Balaban J connectivity index is 1.53. The van der Waals surface area contributed by atoms with Crippen molar-refractivity contribution in [1.82, 2.24) is 9.88 Å². The third-order valence-corrected chi connectivity index (χ3v) is 5.87. The highest BCUT2D eigenvalue weighted by Gasteiger charge is 2.30. The Morgan fingerprint density at radius 2 is 1.64 bits per heavy atom. The Morgan fingerprint density at radius 1 is 0.939 bits per heavy atom. The molecule has 0 aliphatic carbocycles. The number of para-hydroxylation sites is 1. The van der Waals surface area contributed by atoms with E-state index in [9.17, 15) is 18.0 Å². The van der Waals surface area contributed by atoms with E-state index in [1.54, 1.807) is 6.07 Å². The maximum Gasteiger partial charge on any atom is 0.416 e. The van der Waals surface area contributed by atoms with Gasteiger partial charge < -0.3 is 9.88 Å². The van der Waals surface area contributed by atoms with Crippen LogP contribution in [0.1, 0.15) is 34.6 Å². The third kappa shape index (κ3) is 5.45. The number of aryl methyl sites for hydroxylation is 1. The molecule has 6 heteroatoms. The summed E-state index contributed by atoms with van der Waals surface area (Å²) in [7, 11) is 1.99.